The summed E-state index contributed by atoms with van der Waals surface area (Å²) >= 11 is 0. The molecule has 0 aromatic rings. The van der Waals surface area contributed by atoms with Gasteiger partial charge in [-0.05, 0) is 88.4 Å². The molecule has 3 N–H and O–H groups in total. The monoisotopic (exact) mass is 445 g/mol. The minimum absolute atomic E-state index is 0.0127. The predicted octanol–water partition coefficient (Wildman–Crippen LogP) is 3.55. The Kier molecular flexibility index (Phi) is 5.96. The summed E-state index contributed by atoms with van der Waals surface area (Å²) in [6.45, 7) is 10.7. The van der Waals surface area contributed by atoms with E-state index in [4.69, 9.17) is 4.84 Å². The third-order valence-corrected chi connectivity index (χ3v) is 9.40. The molecule has 8 atom stereocenters. The van der Waals surface area contributed by atoms with Crippen LogP contribution in [-0.2, 0) is 9.63 Å². The van der Waals surface area contributed by atoms with E-state index in [1.54, 1.807) is 6.08 Å². The first-order chi connectivity index (χ1) is 14.9. The normalized spacial score (nSPS) is 46.0. The van der Waals surface area contributed by atoms with Gasteiger partial charge in [-0.15, -0.1) is 0 Å². The Morgan fingerprint density at radius 1 is 1.16 bits per heavy atom. The number of oxime groups is 1. The second kappa shape index (κ2) is 8.07. The lowest BCUT2D eigenvalue weighted by Crippen LogP contribution is -2.60. The summed E-state index contributed by atoms with van der Waals surface area (Å²) in [5.41, 5.74) is 0.998. The van der Waals surface area contributed by atoms with Gasteiger partial charge in [0.2, 0.25) is 0 Å². The maximum absolute atomic E-state index is 13.2. The SMILES string of the molecule is CC(C)=CCON=C(C)C1CCC2(O)C3=CC(=O)C4CC(O)C(O)CC4(C)C3CCC12C. The number of aliphatic hydroxyl groups is 3. The molecule has 6 heteroatoms. The van der Waals surface area contributed by atoms with Crippen LogP contribution in [0.4, 0.5) is 0 Å². The van der Waals surface area contributed by atoms with Crippen LogP contribution in [0.1, 0.15) is 73.1 Å². The van der Waals surface area contributed by atoms with Crippen LogP contribution in [0.3, 0.4) is 0 Å². The van der Waals surface area contributed by atoms with Crippen molar-refractivity contribution in [2.75, 3.05) is 6.61 Å². The smallest absolute Gasteiger partial charge is 0.159 e. The number of ketones is 1. The Morgan fingerprint density at radius 2 is 1.88 bits per heavy atom. The van der Waals surface area contributed by atoms with Gasteiger partial charge in [0.15, 0.2) is 5.78 Å². The van der Waals surface area contributed by atoms with Crippen LogP contribution in [0.25, 0.3) is 0 Å². The Morgan fingerprint density at radius 3 is 2.56 bits per heavy atom. The molecule has 0 bridgehead atoms. The number of carbonyl (C=O) groups excluding carboxylic acids is 1. The van der Waals surface area contributed by atoms with Gasteiger partial charge in [0.05, 0.1) is 23.5 Å². The van der Waals surface area contributed by atoms with E-state index in [0.717, 1.165) is 30.5 Å². The molecule has 0 aliphatic heterocycles. The van der Waals surface area contributed by atoms with E-state index < -0.39 is 28.6 Å². The zero-order valence-corrected chi connectivity index (χ0v) is 20.1. The molecule has 0 aromatic heterocycles. The van der Waals surface area contributed by atoms with Crippen LogP contribution in [0.15, 0.2) is 28.5 Å². The van der Waals surface area contributed by atoms with Gasteiger partial charge in [0, 0.05) is 17.3 Å². The van der Waals surface area contributed by atoms with Crippen molar-refractivity contribution in [3.8, 4) is 0 Å². The quantitative estimate of drug-likeness (QED) is 0.266. The minimum Gasteiger partial charge on any atom is -0.392 e. The standard InChI is InChI=1S/C26H39NO5/c1-15(2)8-11-32-27-16(3)17-7-10-26(31)19-12-21(28)20-13-22(29)23(30)14-24(20,4)18(19)6-9-25(17,26)5/h8,12,17-18,20,22-23,29-31H,6-7,9-11,13-14H2,1-5H3. The second-order valence-electron chi connectivity index (χ2n) is 11.4. The van der Waals surface area contributed by atoms with Crippen molar-refractivity contribution in [2.45, 2.75) is 91.0 Å². The summed E-state index contributed by atoms with van der Waals surface area (Å²) < 4.78 is 0. The molecule has 6 nitrogen and oxygen atoms in total. The van der Waals surface area contributed by atoms with Crippen molar-refractivity contribution in [3.63, 3.8) is 0 Å². The molecule has 0 spiro atoms. The molecule has 3 fully saturated rings. The average molecular weight is 446 g/mol. The summed E-state index contributed by atoms with van der Waals surface area (Å²) in [4.78, 5) is 18.7. The van der Waals surface area contributed by atoms with Crippen molar-refractivity contribution in [1.29, 1.82) is 0 Å². The highest BCUT2D eigenvalue weighted by Crippen LogP contribution is 2.67. The van der Waals surface area contributed by atoms with E-state index >= 15 is 0 Å². The van der Waals surface area contributed by atoms with Gasteiger partial charge in [-0.1, -0.05) is 24.6 Å². The molecule has 4 aliphatic rings. The molecule has 0 radical (unpaired) electrons. The minimum atomic E-state index is -1.07. The van der Waals surface area contributed by atoms with Crippen molar-refractivity contribution in [2.24, 2.45) is 33.7 Å². The summed E-state index contributed by atoms with van der Waals surface area (Å²) in [7, 11) is 0. The molecule has 32 heavy (non-hydrogen) atoms. The lowest BCUT2D eigenvalue weighted by atomic mass is 9.46. The van der Waals surface area contributed by atoms with Crippen LogP contribution in [0.2, 0.25) is 0 Å². The number of carbonyl (C=O) groups is 1. The molecule has 8 unspecified atom stereocenters. The van der Waals surface area contributed by atoms with Crippen molar-refractivity contribution < 1.29 is 25.0 Å². The Hall–Kier alpha value is -1.50. The number of hydrogen-bond donors (Lipinski definition) is 3. The number of allylic oxidation sites excluding steroid dienone is 2. The molecule has 178 valence electrons. The van der Waals surface area contributed by atoms with Gasteiger partial charge in [-0.25, -0.2) is 0 Å². The highest BCUT2D eigenvalue weighted by molar-refractivity contribution is 5.95. The van der Waals surface area contributed by atoms with Crippen molar-refractivity contribution >= 4 is 11.5 Å². The van der Waals surface area contributed by atoms with Crippen LogP contribution >= 0.6 is 0 Å². The Bertz CT molecular complexity index is 873. The highest BCUT2D eigenvalue weighted by Gasteiger charge is 2.66. The fourth-order valence-electron chi connectivity index (χ4n) is 7.45. The summed E-state index contributed by atoms with van der Waals surface area (Å²) in [6, 6.07) is 0. The van der Waals surface area contributed by atoms with E-state index in [0.29, 0.717) is 25.9 Å². The number of rotatable bonds is 4. The van der Waals surface area contributed by atoms with Crippen LogP contribution in [0, 0.1) is 28.6 Å². The lowest BCUT2D eigenvalue weighted by molar-refractivity contribution is -0.151. The first kappa shape index (κ1) is 23.7. The average Bonchev–Trinajstić information content (AvgIpc) is 2.99. The van der Waals surface area contributed by atoms with E-state index in [1.807, 2.05) is 26.8 Å². The Labute approximate surface area is 191 Å². The van der Waals surface area contributed by atoms with Gasteiger partial charge < -0.3 is 20.2 Å². The lowest BCUT2D eigenvalue weighted by Gasteiger charge is -2.59. The van der Waals surface area contributed by atoms with Gasteiger partial charge >= 0.3 is 0 Å². The third-order valence-electron chi connectivity index (χ3n) is 9.40. The fraction of sp³-hybridized carbons (Fsp3) is 0.769. The molecule has 0 saturated heterocycles. The maximum Gasteiger partial charge on any atom is 0.159 e. The van der Waals surface area contributed by atoms with Crippen molar-refractivity contribution in [1.82, 2.24) is 0 Å². The van der Waals surface area contributed by atoms with Gasteiger partial charge in [-0.2, -0.15) is 0 Å². The second-order valence-corrected chi connectivity index (χ2v) is 11.4. The number of hydrogen-bond acceptors (Lipinski definition) is 6. The zero-order valence-electron chi connectivity index (χ0n) is 20.1. The predicted molar refractivity (Wildman–Crippen MR) is 123 cm³/mol. The number of nitrogens with zero attached hydrogens (tertiary/aromatic N) is 1. The molecule has 0 aromatic carbocycles. The van der Waals surface area contributed by atoms with Crippen LogP contribution in [0.5, 0.6) is 0 Å². The Balaban J connectivity index is 1.64. The summed E-state index contributed by atoms with van der Waals surface area (Å²) in [6.07, 6.45) is 5.76. The topological polar surface area (TPSA) is 99.4 Å². The molecule has 3 saturated carbocycles. The fourth-order valence-corrected chi connectivity index (χ4v) is 7.45. The third kappa shape index (κ3) is 3.41. The largest absolute Gasteiger partial charge is 0.392 e. The molecule has 0 amide bonds. The number of fused-ring (bicyclic) bond motifs is 5. The van der Waals surface area contributed by atoms with Gasteiger partial charge in [-0.3, -0.25) is 4.79 Å². The molecular formula is C26H39NO5. The first-order valence-corrected chi connectivity index (χ1v) is 12.1. The number of aliphatic hydroxyl groups excluding tert-OH is 2. The van der Waals surface area contributed by atoms with Crippen molar-refractivity contribution in [3.05, 3.63) is 23.3 Å². The maximum atomic E-state index is 13.2. The van der Waals surface area contributed by atoms with E-state index in [1.165, 1.54) is 5.57 Å². The molecule has 4 rings (SSSR count). The molecule has 0 heterocycles. The van der Waals surface area contributed by atoms with E-state index in [2.05, 4.69) is 19.0 Å². The van der Waals surface area contributed by atoms with Gasteiger partial charge in [0.25, 0.3) is 0 Å². The summed E-state index contributed by atoms with van der Waals surface area (Å²) in [5, 5.41) is 37.1. The molecular weight excluding hydrogens is 406 g/mol. The van der Waals surface area contributed by atoms with E-state index in [-0.39, 0.29) is 23.5 Å². The first-order valence-electron chi connectivity index (χ1n) is 12.1. The molecule has 4 aliphatic carbocycles. The van der Waals surface area contributed by atoms with Crippen LogP contribution in [-0.4, -0.2) is 51.2 Å². The van der Waals surface area contributed by atoms with E-state index in [9.17, 15) is 20.1 Å². The zero-order chi connectivity index (χ0) is 23.5. The van der Waals surface area contributed by atoms with Gasteiger partial charge in [0.1, 0.15) is 6.61 Å². The highest BCUT2D eigenvalue weighted by atomic mass is 16.6. The van der Waals surface area contributed by atoms with Crippen LogP contribution < -0.4 is 0 Å². The summed E-state index contributed by atoms with van der Waals surface area (Å²) in [5.74, 6) is -0.191.